The van der Waals surface area contributed by atoms with Crippen molar-refractivity contribution in [2.45, 2.75) is 0 Å². The van der Waals surface area contributed by atoms with E-state index in [0.717, 1.165) is 0 Å². The van der Waals surface area contributed by atoms with Gasteiger partial charge in [0.05, 0.1) is 18.2 Å². The van der Waals surface area contributed by atoms with Gasteiger partial charge in [-0.05, 0) is 12.1 Å². The molecule has 2 rings (SSSR count). The Morgan fingerprint density at radius 3 is 2.29 bits per heavy atom. The zero-order valence-electron chi connectivity index (χ0n) is 13.5. The van der Waals surface area contributed by atoms with Crippen molar-refractivity contribution in [3.8, 4) is 5.75 Å². The summed E-state index contributed by atoms with van der Waals surface area (Å²) in [6.45, 7) is 0.477. The fourth-order valence-electron chi connectivity index (χ4n) is 2.31. The molecule has 0 spiro atoms. The van der Waals surface area contributed by atoms with Gasteiger partial charge in [0.2, 0.25) is 0 Å². The largest absolute Gasteiger partial charge is 0.495 e. The van der Waals surface area contributed by atoms with Gasteiger partial charge >= 0.3 is 0 Å². The van der Waals surface area contributed by atoms with E-state index in [1.165, 1.54) is 50.0 Å². The highest BCUT2D eigenvalue weighted by Crippen LogP contribution is 2.30. The molecule has 0 aliphatic carbocycles. The van der Waals surface area contributed by atoms with E-state index in [9.17, 15) is 14.4 Å². The maximum atomic E-state index is 12.8. The van der Waals surface area contributed by atoms with Crippen LogP contribution in [0.15, 0.2) is 12.1 Å². The zero-order chi connectivity index (χ0) is 17.9. The molecule has 24 heavy (non-hydrogen) atoms. The van der Waals surface area contributed by atoms with Crippen molar-refractivity contribution in [3.05, 3.63) is 28.8 Å². The quantitative estimate of drug-likeness (QED) is 0.769. The number of nitrogens with one attached hydrogen (secondary N) is 2. The smallest absolute Gasteiger partial charge is 0.263 e. The maximum Gasteiger partial charge on any atom is 0.263 e. The topological polar surface area (TPSA) is 87.7 Å². The Hall–Kier alpha value is -2.13. The molecule has 9 heteroatoms. The Morgan fingerprint density at radius 2 is 1.79 bits per heavy atom. The van der Waals surface area contributed by atoms with Gasteiger partial charge in [0.1, 0.15) is 10.1 Å². The van der Waals surface area contributed by atoms with E-state index < -0.39 is 17.7 Å². The van der Waals surface area contributed by atoms with E-state index in [-0.39, 0.29) is 22.4 Å². The lowest BCUT2D eigenvalue weighted by molar-refractivity contribution is 0.0858. The Bertz CT molecular complexity index is 721. The number of carbonyl (C=O) groups is 3. The number of ether oxygens (including phenoxy) is 1. The van der Waals surface area contributed by atoms with Crippen molar-refractivity contribution >= 4 is 46.0 Å². The summed E-state index contributed by atoms with van der Waals surface area (Å²) in [6, 6.07) is 2.81. The molecule has 0 atom stereocenters. The molecule has 1 saturated heterocycles. The summed E-state index contributed by atoms with van der Waals surface area (Å²) in [4.78, 5) is 38.4. The van der Waals surface area contributed by atoms with E-state index in [0.29, 0.717) is 16.6 Å². The molecule has 3 amide bonds. The predicted molar refractivity (Wildman–Crippen MR) is 95.9 cm³/mol. The van der Waals surface area contributed by atoms with Crippen molar-refractivity contribution in [3.63, 3.8) is 0 Å². The normalized spacial score (nSPS) is 13.6. The van der Waals surface area contributed by atoms with Crippen LogP contribution in [0.5, 0.6) is 5.75 Å². The molecule has 2 N–H and O–H groups in total. The van der Waals surface area contributed by atoms with Crippen LogP contribution in [0.2, 0.25) is 0 Å². The SMILES string of the molecule is CNC(=O)c1cc(C(=O)NC)c(OC)c(C(=O)N2CCSC2=S)c1. The van der Waals surface area contributed by atoms with Crippen molar-refractivity contribution in [2.75, 3.05) is 33.5 Å². The first-order valence-corrected chi connectivity index (χ1v) is 8.48. The summed E-state index contributed by atoms with van der Waals surface area (Å²) < 4.78 is 5.76. The summed E-state index contributed by atoms with van der Waals surface area (Å²) in [5, 5.41) is 4.96. The molecule has 0 radical (unpaired) electrons. The second-order valence-corrected chi connectivity index (χ2v) is 6.56. The molecule has 0 saturated carbocycles. The first-order valence-electron chi connectivity index (χ1n) is 7.09. The van der Waals surface area contributed by atoms with Crippen LogP contribution in [0.1, 0.15) is 31.1 Å². The number of rotatable bonds is 4. The molecular weight excluding hydrogens is 350 g/mol. The van der Waals surface area contributed by atoms with Gasteiger partial charge in [-0.15, -0.1) is 0 Å². The molecule has 0 unspecified atom stereocenters. The van der Waals surface area contributed by atoms with Gasteiger partial charge in [0.15, 0.2) is 0 Å². The second kappa shape index (κ2) is 7.63. The average molecular weight is 367 g/mol. The molecule has 1 heterocycles. The first-order chi connectivity index (χ1) is 11.4. The second-order valence-electron chi connectivity index (χ2n) is 4.83. The molecule has 7 nitrogen and oxygen atoms in total. The molecule has 1 aromatic carbocycles. The number of amides is 3. The highest BCUT2D eigenvalue weighted by molar-refractivity contribution is 8.23. The molecule has 1 aliphatic rings. The number of thioether (sulfide) groups is 1. The number of benzene rings is 1. The van der Waals surface area contributed by atoms with Crippen molar-refractivity contribution < 1.29 is 19.1 Å². The van der Waals surface area contributed by atoms with Gasteiger partial charge in [-0.25, -0.2) is 0 Å². The summed E-state index contributed by atoms with van der Waals surface area (Å²) in [5.41, 5.74) is 0.433. The van der Waals surface area contributed by atoms with Crippen LogP contribution in [-0.4, -0.2) is 60.4 Å². The molecule has 1 aromatic rings. The van der Waals surface area contributed by atoms with Gasteiger partial charge in [-0.1, -0.05) is 24.0 Å². The van der Waals surface area contributed by atoms with Crippen LogP contribution < -0.4 is 15.4 Å². The van der Waals surface area contributed by atoms with E-state index in [2.05, 4.69) is 10.6 Å². The molecule has 0 bridgehead atoms. The third kappa shape index (κ3) is 3.36. The Balaban J connectivity index is 2.63. The van der Waals surface area contributed by atoms with Gasteiger partial charge in [0.25, 0.3) is 17.7 Å². The summed E-state index contributed by atoms with van der Waals surface area (Å²) in [7, 11) is 4.30. The zero-order valence-corrected chi connectivity index (χ0v) is 15.1. The van der Waals surface area contributed by atoms with Gasteiger partial charge in [-0.3, -0.25) is 19.3 Å². The fraction of sp³-hybridized carbons (Fsp3) is 0.333. The first kappa shape index (κ1) is 18.2. The number of hydrogen-bond donors (Lipinski definition) is 2. The summed E-state index contributed by atoms with van der Waals surface area (Å²) in [5.74, 6) is -0.422. The Labute approximate surface area is 149 Å². The minimum absolute atomic E-state index is 0.113. The maximum absolute atomic E-state index is 12.8. The predicted octanol–water partition coefficient (Wildman–Crippen LogP) is 0.888. The van der Waals surface area contributed by atoms with E-state index in [1.807, 2.05) is 0 Å². The van der Waals surface area contributed by atoms with Crippen LogP contribution in [-0.2, 0) is 0 Å². The number of methoxy groups -OCH3 is 1. The van der Waals surface area contributed by atoms with Gasteiger partial charge in [0, 0.05) is 32.0 Å². The van der Waals surface area contributed by atoms with Crippen molar-refractivity contribution in [1.82, 2.24) is 15.5 Å². The number of carbonyl (C=O) groups excluding carboxylic acids is 3. The number of nitrogens with zero attached hydrogens (tertiary/aromatic N) is 1. The highest BCUT2D eigenvalue weighted by atomic mass is 32.2. The Morgan fingerprint density at radius 1 is 1.17 bits per heavy atom. The van der Waals surface area contributed by atoms with Crippen LogP contribution in [0.4, 0.5) is 0 Å². The van der Waals surface area contributed by atoms with Crippen LogP contribution in [0.3, 0.4) is 0 Å². The third-order valence-corrected chi connectivity index (χ3v) is 4.92. The Kier molecular flexibility index (Phi) is 5.79. The van der Waals surface area contributed by atoms with Gasteiger partial charge < -0.3 is 15.4 Å². The molecule has 0 aromatic heterocycles. The lowest BCUT2D eigenvalue weighted by Crippen LogP contribution is -2.32. The van der Waals surface area contributed by atoms with Crippen LogP contribution in [0, 0.1) is 0 Å². The fourth-order valence-corrected chi connectivity index (χ4v) is 3.51. The lowest BCUT2D eigenvalue weighted by atomic mass is 10.0. The molecule has 128 valence electrons. The van der Waals surface area contributed by atoms with E-state index in [1.54, 1.807) is 0 Å². The number of thiocarbonyl (C=S) groups is 1. The minimum Gasteiger partial charge on any atom is -0.495 e. The van der Waals surface area contributed by atoms with Gasteiger partial charge in [-0.2, -0.15) is 0 Å². The van der Waals surface area contributed by atoms with Crippen LogP contribution in [0.25, 0.3) is 0 Å². The van der Waals surface area contributed by atoms with E-state index in [4.69, 9.17) is 17.0 Å². The standard InChI is InChI=1S/C15H17N3O4S2/c1-16-12(19)8-6-9(13(20)17-2)11(22-3)10(7-8)14(21)18-4-5-24-15(18)23/h6-7H,4-5H2,1-3H3,(H,16,19)(H,17,20). The van der Waals surface area contributed by atoms with Crippen molar-refractivity contribution in [2.24, 2.45) is 0 Å². The highest BCUT2D eigenvalue weighted by Gasteiger charge is 2.30. The summed E-state index contributed by atoms with van der Waals surface area (Å²) in [6.07, 6.45) is 0. The summed E-state index contributed by atoms with van der Waals surface area (Å²) >= 11 is 6.59. The van der Waals surface area contributed by atoms with Crippen LogP contribution >= 0.6 is 24.0 Å². The van der Waals surface area contributed by atoms with Crippen molar-refractivity contribution in [1.29, 1.82) is 0 Å². The molecule has 1 fully saturated rings. The lowest BCUT2D eigenvalue weighted by Gasteiger charge is -2.19. The average Bonchev–Trinajstić information content (AvgIpc) is 3.04. The van der Waals surface area contributed by atoms with E-state index >= 15 is 0 Å². The minimum atomic E-state index is -0.454. The molecule has 1 aliphatic heterocycles. The third-order valence-electron chi connectivity index (χ3n) is 3.49. The number of hydrogen-bond acceptors (Lipinski definition) is 6. The monoisotopic (exact) mass is 367 g/mol. The molecular formula is C15H17N3O4S2.